The SMILES string of the molecule is O=Cc1ccc(ON(C(F)(F)F)C(F)(F)F)cc1. The number of hydroxylamine groups is 2. The molecule has 9 heteroatoms. The molecule has 0 saturated heterocycles. The summed E-state index contributed by atoms with van der Waals surface area (Å²) in [5, 5.41) is -2.03. The van der Waals surface area contributed by atoms with Crippen LogP contribution >= 0.6 is 0 Å². The number of alkyl halides is 6. The Morgan fingerprint density at radius 3 is 1.72 bits per heavy atom. The van der Waals surface area contributed by atoms with Crippen molar-refractivity contribution >= 4 is 6.29 Å². The van der Waals surface area contributed by atoms with Crippen molar-refractivity contribution in [3.8, 4) is 5.75 Å². The summed E-state index contributed by atoms with van der Waals surface area (Å²) < 4.78 is 72.4. The molecule has 1 aromatic rings. The van der Waals surface area contributed by atoms with Crippen molar-refractivity contribution < 1.29 is 36.0 Å². The molecule has 0 aliphatic heterocycles. The van der Waals surface area contributed by atoms with Gasteiger partial charge in [-0.25, -0.2) is 0 Å². The second-order valence-electron chi connectivity index (χ2n) is 3.01. The zero-order valence-electron chi connectivity index (χ0n) is 8.42. The Kier molecular flexibility index (Phi) is 3.85. The van der Waals surface area contributed by atoms with Gasteiger partial charge in [0, 0.05) is 5.56 Å². The molecule has 0 radical (unpaired) electrons. The molecule has 100 valence electrons. The molecule has 0 N–H and O–H groups in total. The summed E-state index contributed by atoms with van der Waals surface area (Å²) >= 11 is 0. The molecule has 0 fully saturated rings. The number of rotatable bonds is 3. The van der Waals surface area contributed by atoms with Crippen LogP contribution in [0.15, 0.2) is 24.3 Å². The molecule has 0 saturated carbocycles. The average molecular weight is 273 g/mol. The summed E-state index contributed by atoms with van der Waals surface area (Å²) in [7, 11) is 0. The van der Waals surface area contributed by atoms with E-state index in [1.807, 2.05) is 0 Å². The van der Waals surface area contributed by atoms with Crippen LogP contribution < -0.4 is 4.84 Å². The van der Waals surface area contributed by atoms with Crippen molar-refractivity contribution in [2.75, 3.05) is 0 Å². The van der Waals surface area contributed by atoms with Gasteiger partial charge in [0.25, 0.3) is 0 Å². The van der Waals surface area contributed by atoms with Gasteiger partial charge in [0.2, 0.25) is 0 Å². The van der Waals surface area contributed by atoms with Crippen LogP contribution in [0.2, 0.25) is 0 Å². The van der Waals surface area contributed by atoms with Gasteiger partial charge in [0.1, 0.15) is 12.0 Å². The summed E-state index contributed by atoms with van der Waals surface area (Å²) in [6.07, 6.45) is -11.1. The van der Waals surface area contributed by atoms with E-state index >= 15 is 0 Å². The Morgan fingerprint density at radius 1 is 0.944 bits per heavy atom. The number of carbonyl (C=O) groups is 1. The molecule has 0 aliphatic rings. The maximum Gasteiger partial charge on any atom is 0.500 e. The minimum Gasteiger partial charge on any atom is -0.390 e. The summed E-state index contributed by atoms with van der Waals surface area (Å²) in [5.41, 5.74) is 0.0907. The standard InChI is InChI=1S/C9H5F6NO2/c10-8(11,12)16(9(13,14)15)18-7-3-1-6(5-17)2-4-7/h1-5H. The normalized spacial score (nSPS) is 12.6. The van der Waals surface area contributed by atoms with Crippen LogP contribution in [0.1, 0.15) is 10.4 Å². The monoisotopic (exact) mass is 273 g/mol. The number of carbonyl (C=O) groups excluding carboxylic acids is 1. The average Bonchev–Trinajstić information content (AvgIpc) is 2.23. The molecule has 0 bridgehead atoms. The Morgan fingerprint density at radius 2 is 1.39 bits per heavy atom. The lowest BCUT2D eigenvalue weighted by atomic mass is 10.2. The first-order valence-electron chi connectivity index (χ1n) is 4.31. The summed E-state index contributed by atoms with van der Waals surface area (Å²) in [6, 6.07) is 3.67. The smallest absolute Gasteiger partial charge is 0.390 e. The van der Waals surface area contributed by atoms with E-state index in [2.05, 4.69) is 4.84 Å². The van der Waals surface area contributed by atoms with E-state index in [0.29, 0.717) is 6.29 Å². The fourth-order valence-corrected chi connectivity index (χ4v) is 0.960. The summed E-state index contributed by atoms with van der Waals surface area (Å²) in [5.74, 6) is -0.699. The van der Waals surface area contributed by atoms with Gasteiger partial charge in [0.15, 0.2) is 0 Å². The summed E-state index contributed by atoms with van der Waals surface area (Å²) in [6.45, 7) is 0. The molecule has 0 amide bonds. The van der Waals surface area contributed by atoms with Crippen molar-refractivity contribution in [3.05, 3.63) is 29.8 Å². The number of benzene rings is 1. The maximum atomic E-state index is 12.1. The van der Waals surface area contributed by atoms with E-state index in [4.69, 9.17) is 0 Å². The molecular weight excluding hydrogens is 268 g/mol. The molecule has 0 aromatic heterocycles. The first kappa shape index (κ1) is 14.3. The predicted molar refractivity (Wildman–Crippen MR) is 46.4 cm³/mol. The van der Waals surface area contributed by atoms with E-state index in [0.717, 1.165) is 24.3 Å². The molecule has 18 heavy (non-hydrogen) atoms. The predicted octanol–water partition coefficient (Wildman–Crippen LogP) is 3.13. The van der Waals surface area contributed by atoms with Crippen LogP contribution in [0.4, 0.5) is 26.3 Å². The lowest BCUT2D eigenvalue weighted by molar-refractivity contribution is -0.455. The third-order valence-corrected chi connectivity index (χ3v) is 1.67. The Balaban J connectivity index is 2.93. The van der Waals surface area contributed by atoms with Crippen molar-refractivity contribution in [1.29, 1.82) is 0 Å². The van der Waals surface area contributed by atoms with Crippen LogP contribution in [0.5, 0.6) is 5.75 Å². The highest BCUT2D eigenvalue weighted by Crippen LogP contribution is 2.34. The van der Waals surface area contributed by atoms with Gasteiger partial charge in [-0.3, -0.25) is 4.79 Å². The van der Waals surface area contributed by atoms with Crippen molar-refractivity contribution in [2.45, 2.75) is 12.6 Å². The fourth-order valence-electron chi connectivity index (χ4n) is 0.960. The lowest BCUT2D eigenvalue weighted by Crippen LogP contribution is -2.50. The van der Waals surface area contributed by atoms with Gasteiger partial charge >= 0.3 is 12.6 Å². The topological polar surface area (TPSA) is 29.5 Å². The molecule has 0 atom stereocenters. The highest BCUT2D eigenvalue weighted by atomic mass is 19.4. The molecule has 0 aliphatic carbocycles. The number of hydrogen-bond donors (Lipinski definition) is 0. The van der Waals surface area contributed by atoms with Crippen LogP contribution in [-0.4, -0.2) is 23.9 Å². The summed E-state index contributed by atoms with van der Waals surface area (Å²) in [4.78, 5) is 14.0. The molecule has 1 rings (SSSR count). The zero-order chi connectivity index (χ0) is 14.0. The van der Waals surface area contributed by atoms with Gasteiger partial charge in [-0.15, -0.1) is 0 Å². The largest absolute Gasteiger partial charge is 0.500 e. The molecule has 3 nitrogen and oxygen atoms in total. The maximum absolute atomic E-state index is 12.1. The van der Waals surface area contributed by atoms with E-state index in [9.17, 15) is 31.1 Å². The number of aldehydes is 1. The third kappa shape index (κ3) is 3.62. The van der Waals surface area contributed by atoms with Crippen molar-refractivity contribution in [1.82, 2.24) is 5.06 Å². The highest BCUT2D eigenvalue weighted by Gasteiger charge is 2.57. The zero-order valence-corrected chi connectivity index (χ0v) is 8.42. The van der Waals surface area contributed by atoms with E-state index < -0.39 is 23.4 Å². The van der Waals surface area contributed by atoms with Crippen LogP contribution in [0.3, 0.4) is 0 Å². The number of halogens is 6. The first-order valence-corrected chi connectivity index (χ1v) is 4.31. The molecule has 0 heterocycles. The van der Waals surface area contributed by atoms with Crippen LogP contribution in [0, 0.1) is 0 Å². The minimum absolute atomic E-state index is 0.0907. The van der Waals surface area contributed by atoms with Gasteiger partial charge in [0.05, 0.1) is 5.06 Å². The first-order chi connectivity index (χ1) is 8.14. The van der Waals surface area contributed by atoms with E-state index in [1.165, 1.54) is 0 Å². The van der Waals surface area contributed by atoms with E-state index in [1.54, 1.807) is 0 Å². The quantitative estimate of drug-likeness (QED) is 0.367. The van der Waals surface area contributed by atoms with Gasteiger partial charge in [-0.05, 0) is 24.3 Å². The second kappa shape index (κ2) is 4.84. The Labute approximate surface area is 96.5 Å². The number of hydrogen-bond acceptors (Lipinski definition) is 3. The number of nitrogens with zero attached hydrogens (tertiary/aromatic N) is 1. The van der Waals surface area contributed by atoms with E-state index in [-0.39, 0.29) is 5.56 Å². The van der Waals surface area contributed by atoms with Gasteiger partial charge < -0.3 is 4.84 Å². The molecular formula is C9H5F6NO2. The van der Waals surface area contributed by atoms with Crippen LogP contribution in [-0.2, 0) is 0 Å². The Hall–Kier alpha value is -1.77. The highest BCUT2D eigenvalue weighted by molar-refractivity contribution is 5.74. The van der Waals surface area contributed by atoms with Crippen LogP contribution in [0.25, 0.3) is 0 Å². The molecule has 0 unspecified atom stereocenters. The third-order valence-electron chi connectivity index (χ3n) is 1.67. The second-order valence-corrected chi connectivity index (χ2v) is 3.01. The van der Waals surface area contributed by atoms with Gasteiger partial charge in [-0.2, -0.15) is 26.3 Å². The Bertz CT molecular complexity index is 397. The molecule has 1 aromatic carbocycles. The van der Waals surface area contributed by atoms with Crippen molar-refractivity contribution in [2.24, 2.45) is 0 Å². The molecule has 0 spiro atoms. The minimum atomic E-state index is -5.73. The lowest BCUT2D eigenvalue weighted by Gasteiger charge is -2.25. The van der Waals surface area contributed by atoms with Crippen molar-refractivity contribution in [3.63, 3.8) is 0 Å². The fraction of sp³-hybridized carbons (Fsp3) is 0.222. The van der Waals surface area contributed by atoms with Gasteiger partial charge in [-0.1, -0.05) is 0 Å².